The number of nitrogens with zero attached hydrogens (tertiary/aromatic N) is 1. The summed E-state index contributed by atoms with van der Waals surface area (Å²) >= 11 is 0. The summed E-state index contributed by atoms with van der Waals surface area (Å²) in [7, 11) is 0. The molecule has 8 atom stereocenters. The van der Waals surface area contributed by atoms with E-state index >= 15 is 0 Å². The predicted octanol–water partition coefficient (Wildman–Crippen LogP) is 6.37. The van der Waals surface area contributed by atoms with Crippen LogP contribution in [0.15, 0.2) is 11.6 Å². The summed E-state index contributed by atoms with van der Waals surface area (Å²) in [5.74, 6) is -0.843. The van der Waals surface area contributed by atoms with Gasteiger partial charge in [0.2, 0.25) is 0 Å². The Morgan fingerprint density at radius 1 is 0.944 bits per heavy atom. The second kappa shape index (κ2) is 7.33. The highest BCUT2D eigenvalue weighted by atomic mass is 16.4. The Morgan fingerprint density at radius 3 is 2.19 bits per heavy atom. The monoisotopic (exact) mass is 493 g/mol. The number of carboxylic acids is 1. The molecule has 4 saturated carbocycles. The van der Waals surface area contributed by atoms with Crippen molar-refractivity contribution in [3.05, 3.63) is 11.6 Å². The van der Waals surface area contributed by atoms with Gasteiger partial charge >= 0.3 is 5.97 Å². The third-order valence-electron chi connectivity index (χ3n) is 12.9. The Hall–Kier alpha value is -1.96. The number of nitriles is 1. The number of carboxylic acid groups (broad SMARTS) is 1. The van der Waals surface area contributed by atoms with E-state index in [-0.39, 0.29) is 57.1 Å². The van der Waals surface area contributed by atoms with E-state index in [0.717, 1.165) is 32.1 Å². The van der Waals surface area contributed by atoms with Crippen LogP contribution in [-0.4, -0.2) is 22.6 Å². The number of Topliss-reactive ketones (excluding diaryl/α,β-unsaturated/α-hetero) is 2. The lowest BCUT2D eigenvalue weighted by Gasteiger charge is -2.71. The number of carbonyl (C=O) groups is 3. The van der Waals surface area contributed by atoms with Crippen LogP contribution in [0.5, 0.6) is 0 Å². The van der Waals surface area contributed by atoms with Gasteiger partial charge in [0.25, 0.3) is 0 Å². The Balaban J connectivity index is 1.65. The van der Waals surface area contributed by atoms with E-state index in [1.807, 2.05) is 19.9 Å². The summed E-state index contributed by atoms with van der Waals surface area (Å²) in [6.45, 7) is 15.2. The maximum atomic E-state index is 14.3. The van der Waals surface area contributed by atoms with Gasteiger partial charge in [-0.3, -0.25) is 14.4 Å². The minimum absolute atomic E-state index is 0.0295. The molecule has 36 heavy (non-hydrogen) atoms. The molecule has 0 amide bonds. The van der Waals surface area contributed by atoms with Gasteiger partial charge in [0.15, 0.2) is 5.78 Å². The van der Waals surface area contributed by atoms with Crippen molar-refractivity contribution in [1.29, 1.82) is 5.26 Å². The number of allylic oxidation sites excluding steroid dienone is 2. The number of hydrogen-bond donors (Lipinski definition) is 1. The quantitative estimate of drug-likeness (QED) is 0.458. The van der Waals surface area contributed by atoms with Gasteiger partial charge in [0.05, 0.1) is 11.0 Å². The van der Waals surface area contributed by atoms with E-state index in [0.29, 0.717) is 19.3 Å². The molecule has 0 aliphatic heterocycles. The molecule has 0 aromatic heterocycles. The molecule has 5 heteroatoms. The fraction of sp³-hybridized carbons (Fsp3) is 0.806. The predicted molar refractivity (Wildman–Crippen MR) is 137 cm³/mol. The number of carbonyl (C=O) groups excluding carboxylic acids is 2. The second-order valence-electron chi connectivity index (χ2n) is 15.1. The molecule has 0 spiro atoms. The first kappa shape index (κ1) is 25.7. The summed E-state index contributed by atoms with van der Waals surface area (Å²) in [5.41, 5.74) is -2.07. The molecule has 5 aliphatic carbocycles. The van der Waals surface area contributed by atoms with Gasteiger partial charge in [-0.15, -0.1) is 0 Å². The van der Waals surface area contributed by atoms with Crippen LogP contribution in [0.25, 0.3) is 0 Å². The van der Waals surface area contributed by atoms with Gasteiger partial charge in [-0.1, -0.05) is 54.5 Å². The molecule has 0 aromatic rings. The summed E-state index contributed by atoms with van der Waals surface area (Å²) in [6.07, 6.45) is 7.87. The van der Waals surface area contributed by atoms with E-state index in [4.69, 9.17) is 0 Å². The lowest BCUT2D eigenvalue weighted by atomic mass is 9.31. The van der Waals surface area contributed by atoms with Crippen LogP contribution in [0, 0.1) is 67.5 Å². The summed E-state index contributed by atoms with van der Waals surface area (Å²) in [4.78, 5) is 40.3. The van der Waals surface area contributed by atoms with Gasteiger partial charge in [-0.05, 0) is 84.4 Å². The molecule has 5 nitrogen and oxygen atoms in total. The summed E-state index contributed by atoms with van der Waals surface area (Å²) in [6, 6.07) is 2.18. The van der Waals surface area contributed by atoms with Crippen LogP contribution < -0.4 is 0 Å². The van der Waals surface area contributed by atoms with Crippen molar-refractivity contribution < 1.29 is 19.5 Å². The Morgan fingerprint density at radius 2 is 1.58 bits per heavy atom. The van der Waals surface area contributed by atoms with Crippen molar-refractivity contribution >= 4 is 17.5 Å². The number of rotatable bonds is 1. The Labute approximate surface area is 216 Å². The van der Waals surface area contributed by atoms with Gasteiger partial charge in [-0.2, -0.15) is 5.26 Å². The molecular formula is C31H43NO4. The normalized spacial score (nSPS) is 48.9. The topological polar surface area (TPSA) is 95.2 Å². The Bertz CT molecular complexity index is 1130. The van der Waals surface area contributed by atoms with Crippen LogP contribution in [0.1, 0.15) is 99.8 Å². The standard InChI is InChI=1S/C31H43NO4/c1-26(2)10-12-31(25(35)36)13-11-30(7)23(19(31)16-26)20(33)14-22-28(5)15-18(17-32)24(34)27(3,4)21(28)8-9-29(22,30)6/h15,19,21-23H,8-14,16H2,1-7H3,(H,35,36)/t19-,21+,22-,23?,28+,29-,30-,31+/m1/s1. The lowest BCUT2D eigenvalue weighted by molar-refractivity contribution is -0.225. The first-order valence-electron chi connectivity index (χ1n) is 13.9. The van der Waals surface area contributed by atoms with Crippen molar-refractivity contribution in [2.24, 2.45) is 56.2 Å². The van der Waals surface area contributed by atoms with E-state index in [9.17, 15) is 24.8 Å². The van der Waals surface area contributed by atoms with Crippen LogP contribution in [0.3, 0.4) is 0 Å². The highest BCUT2D eigenvalue weighted by Crippen LogP contribution is 2.75. The third-order valence-corrected chi connectivity index (χ3v) is 12.9. The number of fused-ring (bicyclic) bond motifs is 7. The number of ketones is 2. The zero-order valence-corrected chi connectivity index (χ0v) is 23.2. The van der Waals surface area contributed by atoms with E-state index in [1.54, 1.807) is 0 Å². The van der Waals surface area contributed by atoms with Crippen molar-refractivity contribution in [2.45, 2.75) is 99.8 Å². The molecular weight excluding hydrogens is 450 g/mol. The Kier molecular flexibility index (Phi) is 5.23. The van der Waals surface area contributed by atoms with Gasteiger partial charge < -0.3 is 5.11 Å². The highest BCUT2D eigenvalue weighted by Gasteiger charge is 2.73. The number of hydrogen-bond acceptors (Lipinski definition) is 4. The van der Waals surface area contributed by atoms with Crippen molar-refractivity contribution in [2.75, 3.05) is 0 Å². The zero-order valence-electron chi connectivity index (χ0n) is 23.2. The van der Waals surface area contributed by atoms with Gasteiger partial charge in [0.1, 0.15) is 11.9 Å². The first-order valence-corrected chi connectivity index (χ1v) is 13.9. The van der Waals surface area contributed by atoms with Gasteiger partial charge in [-0.25, -0.2) is 0 Å². The first-order chi connectivity index (χ1) is 16.5. The highest BCUT2D eigenvalue weighted by molar-refractivity contribution is 6.04. The minimum atomic E-state index is -0.799. The number of aliphatic carboxylic acids is 1. The van der Waals surface area contributed by atoms with E-state index in [1.165, 1.54) is 0 Å². The largest absolute Gasteiger partial charge is 0.481 e. The van der Waals surface area contributed by atoms with Crippen LogP contribution in [0.2, 0.25) is 0 Å². The summed E-state index contributed by atoms with van der Waals surface area (Å²) < 4.78 is 0. The molecule has 1 N–H and O–H groups in total. The third kappa shape index (κ3) is 2.91. The molecule has 4 fully saturated rings. The van der Waals surface area contributed by atoms with Crippen LogP contribution >= 0.6 is 0 Å². The van der Waals surface area contributed by atoms with Crippen molar-refractivity contribution in [1.82, 2.24) is 0 Å². The van der Waals surface area contributed by atoms with Crippen molar-refractivity contribution in [3.8, 4) is 6.07 Å². The molecule has 0 radical (unpaired) electrons. The average molecular weight is 494 g/mol. The molecule has 5 aliphatic rings. The SMILES string of the molecule is CC1(C)CC[C@]2(C(=O)O)CC[C@]3(C)C(C(=O)C[C@@H]4[C@@]5(C)C=C(C#N)C(=O)C(C)(C)[C@@H]5CC[C@]43C)[C@H]2C1. The van der Waals surface area contributed by atoms with E-state index < -0.39 is 22.2 Å². The summed E-state index contributed by atoms with van der Waals surface area (Å²) in [5, 5.41) is 20.4. The molecule has 0 heterocycles. The van der Waals surface area contributed by atoms with E-state index in [2.05, 4.69) is 40.7 Å². The zero-order chi connectivity index (χ0) is 26.7. The lowest BCUT2D eigenvalue weighted by Crippen LogP contribution is -2.69. The molecule has 0 aromatic carbocycles. The molecule has 0 saturated heterocycles. The smallest absolute Gasteiger partial charge is 0.309 e. The molecule has 196 valence electrons. The minimum Gasteiger partial charge on any atom is -0.481 e. The maximum absolute atomic E-state index is 14.3. The fourth-order valence-electron chi connectivity index (χ4n) is 10.7. The average Bonchev–Trinajstić information content (AvgIpc) is 2.77. The molecule has 0 bridgehead atoms. The van der Waals surface area contributed by atoms with Crippen LogP contribution in [-0.2, 0) is 14.4 Å². The molecule has 1 unspecified atom stereocenters. The maximum Gasteiger partial charge on any atom is 0.309 e. The van der Waals surface area contributed by atoms with Crippen molar-refractivity contribution in [3.63, 3.8) is 0 Å². The van der Waals surface area contributed by atoms with Gasteiger partial charge in [0, 0.05) is 17.8 Å². The second-order valence-corrected chi connectivity index (χ2v) is 15.1. The molecule has 5 rings (SSSR count). The van der Waals surface area contributed by atoms with Crippen LogP contribution in [0.4, 0.5) is 0 Å². The fourth-order valence-corrected chi connectivity index (χ4v) is 10.7.